The average Bonchev–Trinajstić information content (AvgIpc) is 1.99. The fourth-order valence-corrected chi connectivity index (χ4v) is 1.04. The molecule has 0 saturated carbocycles. The van der Waals surface area contributed by atoms with Gasteiger partial charge in [-0.1, -0.05) is 11.6 Å². The zero-order chi connectivity index (χ0) is 11.6. The molecule has 82 valence electrons. The minimum Gasteiger partial charge on any atom is -0.481 e. The molecule has 0 aliphatic rings. The normalized spacial score (nSPS) is 11.5. The number of halogens is 4. The second kappa shape index (κ2) is 4.01. The number of rotatable bonds is 2. The molecule has 0 saturated heterocycles. The molecule has 1 rings (SSSR count). The molecule has 0 unspecified atom stereocenters. The summed E-state index contributed by atoms with van der Waals surface area (Å²) in [6, 6.07) is 0.977. The van der Waals surface area contributed by atoms with Crippen molar-refractivity contribution in [2.45, 2.75) is 12.6 Å². The van der Waals surface area contributed by atoms with Gasteiger partial charge in [0.05, 0.1) is 12.1 Å². The van der Waals surface area contributed by atoms with Gasteiger partial charge in [-0.3, -0.25) is 4.79 Å². The summed E-state index contributed by atoms with van der Waals surface area (Å²) in [5.74, 6) is -2.73. The highest BCUT2D eigenvalue weighted by atomic mass is 35.5. The number of carboxylic acids is 1. The zero-order valence-corrected chi connectivity index (χ0v) is 7.80. The number of carboxylic acid groups (broad SMARTS) is 1. The van der Waals surface area contributed by atoms with Crippen LogP contribution in [-0.2, 0) is 17.4 Å². The van der Waals surface area contributed by atoms with Gasteiger partial charge in [-0.05, 0) is 6.07 Å². The minimum absolute atomic E-state index is 0.283. The Kier molecular flexibility index (Phi) is 3.13. The van der Waals surface area contributed by atoms with Crippen molar-refractivity contribution < 1.29 is 23.1 Å². The Bertz CT molecular complexity index is 394. The third-order valence-corrected chi connectivity index (χ3v) is 1.53. The molecule has 0 amide bonds. The summed E-state index contributed by atoms with van der Waals surface area (Å²) in [6.45, 7) is 0. The van der Waals surface area contributed by atoms with Gasteiger partial charge in [-0.15, -0.1) is 0 Å². The Balaban J connectivity index is 3.11. The maximum atomic E-state index is 12.2. The van der Waals surface area contributed by atoms with E-state index in [2.05, 4.69) is 9.97 Å². The van der Waals surface area contributed by atoms with Crippen molar-refractivity contribution in [3.63, 3.8) is 0 Å². The lowest BCUT2D eigenvalue weighted by Gasteiger charge is -2.06. The number of aliphatic carboxylic acids is 1. The van der Waals surface area contributed by atoms with Crippen molar-refractivity contribution in [1.29, 1.82) is 0 Å². The second-order valence-electron chi connectivity index (χ2n) is 2.57. The van der Waals surface area contributed by atoms with E-state index in [0.717, 1.165) is 6.07 Å². The average molecular weight is 241 g/mol. The Morgan fingerprint density at radius 2 is 2.07 bits per heavy atom. The lowest BCUT2D eigenvalue weighted by molar-refractivity contribution is -0.145. The minimum atomic E-state index is -4.74. The van der Waals surface area contributed by atoms with E-state index in [4.69, 9.17) is 16.7 Å². The predicted molar refractivity (Wildman–Crippen MR) is 43.4 cm³/mol. The molecule has 0 radical (unpaired) electrons. The van der Waals surface area contributed by atoms with E-state index in [1.807, 2.05) is 0 Å². The fraction of sp³-hybridized carbons (Fsp3) is 0.286. The van der Waals surface area contributed by atoms with E-state index in [1.54, 1.807) is 0 Å². The highest BCUT2D eigenvalue weighted by Gasteiger charge is 2.35. The summed E-state index contributed by atoms with van der Waals surface area (Å²) in [5, 5.41) is 7.93. The second-order valence-corrected chi connectivity index (χ2v) is 2.96. The van der Waals surface area contributed by atoms with Crippen LogP contribution in [0.5, 0.6) is 0 Å². The lowest BCUT2D eigenvalue weighted by Crippen LogP contribution is -2.14. The van der Waals surface area contributed by atoms with Gasteiger partial charge in [0, 0.05) is 0 Å². The number of hydrogen-bond donors (Lipinski definition) is 1. The van der Waals surface area contributed by atoms with E-state index >= 15 is 0 Å². The molecule has 0 aromatic carbocycles. The van der Waals surface area contributed by atoms with Crippen LogP contribution in [0.1, 0.15) is 11.5 Å². The van der Waals surface area contributed by atoms with Crippen molar-refractivity contribution in [3.8, 4) is 0 Å². The molecule has 1 heterocycles. The van der Waals surface area contributed by atoms with Gasteiger partial charge in [0.1, 0.15) is 5.15 Å². The van der Waals surface area contributed by atoms with Gasteiger partial charge >= 0.3 is 12.1 Å². The Morgan fingerprint density at radius 1 is 1.47 bits per heavy atom. The Labute approximate surface area is 86.7 Å². The van der Waals surface area contributed by atoms with Gasteiger partial charge in [0.15, 0.2) is 0 Å². The first-order chi connectivity index (χ1) is 6.79. The van der Waals surface area contributed by atoms with Gasteiger partial charge < -0.3 is 5.11 Å². The highest BCUT2D eigenvalue weighted by molar-refractivity contribution is 6.29. The van der Waals surface area contributed by atoms with Crippen LogP contribution in [0.25, 0.3) is 0 Å². The first-order valence-corrected chi connectivity index (χ1v) is 3.99. The van der Waals surface area contributed by atoms with Crippen LogP contribution in [0.4, 0.5) is 13.2 Å². The van der Waals surface area contributed by atoms with Crippen molar-refractivity contribution in [2.24, 2.45) is 0 Å². The van der Waals surface area contributed by atoms with E-state index in [-0.39, 0.29) is 5.69 Å². The first kappa shape index (κ1) is 11.7. The van der Waals surface area contributed by atoms with Crippen molar-refractivity contribution in [2.75, 3.05) is 0 Å². The SMILES string of the molecule is O=C(O)Cc1cc(Cl)nc(C(F)(F)F)n1. The molecule has 0 aliphatic heterocycles. The largest absolute Gasteiger partial charge is 0.481 e. The van der Waals surface area contributed by atoms with Crippen LogP contribution in [0.3, 0.4) is 0 Å². The fourth-order valence-electron chi connectivity index (χ4n) is 0.837. The third-order valence-electron chi connectivity index (χ3n) is 1.33. The zero-order valence-electron chi connectivity index (χ0n) is 7.05. The van der Waals surface area contributed by atoms with Crippen LogP contribution in [0.15, 0.2) is 6.07 Å². The van der Waals surface area contributed by atoms with E-state index in [9.17, 15) is 18.0 Å². The summed E-state index contributed by atoms with van der Waals surface area (Å²) in [4.78, 5) is 16.2. The third kappa shape index (κ3) is 3.35. The Hall–Kier alpha value is -1.37. The molecule has 1 N–H and O–H groups in total. The van der Waals surface area contributed by atoms with E-state index in [0.29, 0.717) is 0 Å². The van der Waals surface area contributed by atoms with Gasteiger partial charge in [-0.2, -0.15) is 13.2 Å². The maximum absolute atomic E-state index is 12.2. The molecule has 0 aliphatic carbocycles. The summed E-state index contributed by atoms with van der Waals surface area (Å²) >= 11 is 5.30. The summed E-state index contributed by atoms with van der Waals surface area (Å²) in [6.07, 6.45) is -5.37. The summed E-state index contributed by atoms with van der Waals surface area (Å²) < 4.78 is 36.5. The molecular weight excluding hydrogens is 237 g/mol. The molecule has 8 heteroatoms. The molecule has 0 bridgehead atoms. The van der Waals surface area contributed by atoms with Gasteiger partial charge in [0.2, 0.25) is 5.82 Å². The van der Waals surface area contributed by atoms with E-state index in [1.165, 1.54) is 0 Å². The van der Waals surface area contributed by atoms with Crippen LogP contribution in [0, 0.1) is 0 Å². The topological polar surface area (TPSA) is 63.1 Å². The number of nitrogens with zero attached hydrogens (tertiary/aromatic N) is 2. The number of alkyl halides is 3. The summed E-state index contributed by atoms with van der Waals surface area (Å²) in [5.41, 5.74) is -0.283. The standard InChI is InChI=1S/C7H4ClF3N2O2/c8-4-1-3(2-5(14)15)12-6(13-4)7(9,10)11/h1H,2H2,(H,14,15). The molecule has 4 nitrogen and oxygen atoms in total. The quantitative estimate of drug-likeness (QED) is 0.801. The predicted octanol–water partition coefficient (Wildman–Crippen LogP) is 1.78. The lowest BCUT2D eigenvalue weighted by atomic mass is 10.3. The van der Waals surface area contributed by atoms with Crippen molar-refractivity contribution >= 4 is 17.6 Å². The van der Waals surface area contributed by atoms with Crippen LogP contribution in [0.2, 0.25) is 5.15 Å². The van der Waals surface area contributed by atoms with Crippen LogP contribution in [-0.4, -0.2) is 21.0 Å². The number of hydrogen-bond acceptors (Lipinski definition) is 3. The molecule has 0 spiro atoms. The maximum Gasteiger partial charge on any atom is 0.451 e. The Morgan fingerprint density at radius 3 is 2.53 bits per heavy atom. The van der Waals surface area contributed by atoms with Gasteiger partial charge in [0.25, 0.3) is 0 Å². The summed E-state index contributed by atoms with van der Waals surface area (Å²) in [7, 11) is 0. The molecule has 0 atom stereocenters. The first-order valence-electron chi connectivity index (χ1n) is 3.61. The molecule has 0 fully saturated rings. The van der Waals surface area contributed by atoms with Crippen LogP contribution < -0.4 is 0 Å². The van der Waals surface area contributed by atoms with E-state index < -0.39 is 29.5 Å². The molecule has 1 aromatic rings. The molecular formula is C7H4ClF3N2O2. The number of aromatic nitrogens is 2. The van der Waals surface area contributed by atoms with Gasteiger partial charge in [-0.25, -0.2) is 9.97 Å². The molecule has 1 aromatic heterocycles. The van der Waals surface area contributed by atoms with Crippen molar-refractivity contribution in [1.82, 2.24) is 9.97 Å². The smallest absolute Gasteiger partial charge is 0.451 e. The number of carbonyl (C=O) groups is 1. The van der Waals surface area contributed by atoms with Crippen molar-refractivity contribution in [3.05, 3.63) is 22.7 Å². The molecule has 15 heavy (non-hydrogen) atoms. The highest BCUT2D eigenvalue weighted by Crippen LogP contribution is 2.27. The van der Waals surface area contributed by atoms with Crippen LogP contribution >= 0.6 is 11.6 Å². The monoisotopic (exact) mass is 240 g/mol.